The van der Waals surface area contributed by atoms with Crippen LogP contribution in [0.3, 0.4) is 0 Å². The average Bonchev–Trinajstić information content (AvgIpc) is 3.27. The van der Waals surface area contributed by atoms with Gasteiger partial charge in [-0.05, 0) is 50.1 Å². The van der Waals surface area contributed by atoms with Gasteiger partial charge in [-0.25, -0.2) is 0 Å². The van der Waals surface area contributed by atoms with Crippen molar-refractivity contribution in [1.29, 1.82) is 0 Å². The van der Waals surface area contributed by atoms with Crippen LogP contribution in [0.25, 0.3) is 0 Å². The molecule has 0 heterocycles. The van der Waals surface area contributed by atoms with E-state index in [4.69, 9.17) is 5.73 Å². The molecule has 0 saturated heterocycles. The van der Waals surface area contributed by atoms with Crippen molar-refractivity contribution < 1.29 is 0 Å². The van der Waals surface area contributed by atoms with Crippen molar-refractivity contribution in [2.45, 2.75) is 63.1 Å². The van der Waals surface area contributed by atoms with E-state index in [0.717, 1.165) is 12.6 Å². The summed E-state index contributed by atoms with van der Waals surface area (Å²) in [5.74, 6) is 0.707. The van der Waals surface area contributed by atoms with Gasteiger partial charge in [0.15, 0.2) is 0 Å². The molecule has 104 valence electrons. The van der Waals surface area contributed by atoms with Crippen molar-refractivity contribution in [3.8, 4) is 0 Å². The maximum Gasteiger partial charge on any atom is 0.0255 e. The number of nitrogens with two attached hydrogens (primary N) is 1. The number of likely N-dealkylation sites (N-methyl/N-ethyl adjacent to an activating group) is 1. The molecule has 2 fully saturated rings. The van der Waals surface area contributed by atoms with Gasteiger partial charge in [0.1, 0.15) is 0 Å². The van der Waals surface area contributed by atoms with E-state index >= 15 is 0 Å². The Morgan fingerprint density at radius 1 is 1.11 bits per heavy atom. The molecule has 2 nitrogen and oxygen atoms in total. The molecule has 1 aromatic rings. The molecule has 2 heteroatoms. The quantitative estimate of drug-likeness (QED) is 0.899. The topological polar surface area (TPSA) is 29.3 Å². The molecule has 0 bridgehead atoms. The lowest BCUT2D eigenvalue weighted by Crippen LogP contribution is -2.51. The third-order valence-electron chi connectivity index (χ3n) is 4.95. The van der Waals surface area contributed by atoms with Crippen LogP contribution in [-0.2, 0) is 0 Å². The Kier molecular flexibility index (Phi) is 3.90. The minimum Gasteiger partial charge on any atom is -0.326 e. The number of hydrogen-bond donors (Lipinski definition) is 1. The summed E-state index contributed by atoms with van der Waals surface area (Å²) in [7, 11) is 0. The van der Waals surface area contributed by atoms with Crippen LogP contribution >= 0.6 is 0 Å². The van der Waals surface area contributed by atoms with Crippen molar-refractivity contribution in [2.75, 3.05) is 6.54 Å². The fraction of sp³-hybridized carbons (Fsp3) is 0.647. The zero-order valence-electron chi connectivity index (χ0n) is 12.0. The average molecular weight is 258 g/mol. The molecule has 19 heavy (non-hydrogen) atoms. The van der Waals surface area contributed by atoms with E-state index < -0.39 is 0 Å². The van der Waals surface area contributed by atoms with Crippen LogP contribution < -0.4 is 5.73 Å². The molecule has 0 spiro atoms. The summed E-state index contributed by atoms with van der Waals surface area (Å²) >= 11 is 0. The Bertz CT molecular complexity index is 399. The molecule has 2 N–H and O–H groups in total. The first-order chi connectivity index (χ1) is 9.29. The summed E-state index contributed by atoms with van der Waals surface area (Å²) in [5, 5.41) is 0. The molecule has 2 aliphatic rings. The maximum absolute atomic E-state index is 6.42. The molecule has 3 unspecified atom stereocenters. The monoisotopic (exact) mass is 258 g/mol. The lowest BCUT2D eigenvalue weighted by atomic mass is 9.78. The standard InChI is InChI=1S/C17H26N2/c1-2-19(15-9-10-15)17-12-14(8-11-16(17)18)13-6-4-3-5-7-13/h3-7,14-17H,2,8-12,18H2,1H3. The van der Waals surface area contributed by atoms with Gasteiger partial charge in [0.05, 0.1) is 0 Å². The second-order valence-corrected chi connectivity index (χ2v) is 6.21. The van der Waals surface area contributed by atoms with E-state index in [0.29, 0.717) is 18.0 Å². The highest BCUT2D eigenvalue weighted by Crippen LogP contribution is 2.38. The van der Waals surface area contributed by atoms with Crippen LogP contribution in [0.4, 0.5) is 0 Å². The van der Waals surface area contributed by atoms with Crippen LogP contribution in [0, 0.1) is 0 Å². The third kappa shape index (κ3) is 2.85. The molecule has 0 aromatic heterocycles. The molecule has 0 amide bonds. The Balaban J connectivity index is 1.73. The number of benzene rings is 1. The summed E-state index contributed by atoms with van der Waals surface area (Å²) in [6.45, 7) is 3.45. The Labute approximate surface area is 117 Å². The predicted molar refractivity (Wildman–Crippen MR) is 80.2 cm³/mol. The second kappa shape index (κ2) is 5.64. The van der Waals surface area contributed by atoms with E-state index in [-0.39, 0.29) is 0 Å². The van der Waals surface area contributed by atoms with Crippen LogP contribution in [-0.4, -0.2) is 29.6 Å². The van der Waals surface area contributed by atoms with Gasteiger partial charge in [-0.3, -0.25) is 4.90 Å². The fourth-order valence-electron chi connectivity index (χ4n) is 3.75. The van der Waals surface area contributed by atoms with Crippen molar-refractivity contribution in [3.63, 3.8) is 0 Å². The van der Waals surface area contributed by atoms with Crippen molar-refractivity contribution >= 4 is 0 Å². The Morgan fingerprint density at radius 3 is 2.47 bits per heavy atom. The summed E-state index contributed by atoms with van der Waals surface area (Å²) in [6, 6.07) is 12.8. The maximum atomic E-state index is 6.42. The van der Waals surface area contributed by atoms with E-state index in [2.05, 4.69) is 42.2 Å². The van der Waals surface area contributed by atoms with Gasteiger partial charge in [-0.15, -0.1) is 0 Å². The number of nitrogens with zero attached hydrogens (tertiary/aromatic N) is 1. The summed E-state index contributed by atoms with van der Waals surface area (Å²) < 4.78 is 0. The zero-order chi connectivity index (χ0) is 13.2. The minimum absolute atomic E-state index is 0.375. The fourth-order valence-corrected chi connectivity index (χ4v) is 3.75. The van der Waals surface area contributed by atoms with Crippen LogP contribution in [0.2, 0.25) is 0 Å². The molecule has 1 aromatic carbocycles. The zero-order valence-corrected chi connectivity index (χ0v) is 12.0. The largest absolute Gasteiger partial charge is 0.326 e. The van der Waals surface area contributed by atoms with Crippen LogP contribution in [0.1, 0.15) is 50.5 Å². The van der Waals surface area contributed by atoms with Gasteiger partial charge >= 0.3 is 0 Å². The van der Waals surface area contributed by atoms with Crippen molar-refractivity contribution in [1.82, 2.24) is 4.90 Å². The van der Waals surface area contributed by atoms with Crippen LogP contribution in [0.15, 0.2) is 30.3 Å². The van der Waals surface area contributed by atoms with E-state index in [1.54, 1.807) is 0 Å². The molecular formula is C17H26N2. The first-order valence-corrected chi connectivity index (χ1v) is 7.86. The Morgan fingerprint density at radius 2 is 1.84 bits per heavy atom. The molecule has 3 atom stereocenters. The van der Waals surface area contributed by atoms with Gasteiger partial charge in [-0.1, -0.05) is 37.3 Å². The van der Waals surface area contributed by atoms with E-state index in [9.17, 15) is 0 Å². The van der Waals surface area contributed by atoms with E-state index in [1.165, 1.54) is 37.7 Å². The summed E-state index contributed by atoms with van der Waals surface area (Å²) in [6.07, 6.45) is 6.44. The highest BCUT2D eigenvalue weighted by atomic mass is 15.2. The molecular weight excluding hydrogens is 232 g/mol. The smallest absolute Gasteiger partial charge is 0.0255 e. The second-order valence-electron chi connectivity index (χ2n) is 6.21. The predicted octanol–water partition coefficient (Wildman–Crippen LogP) is 3.13. The molecule has 2 saturated carbocycles. The molecule has 0 radical (unpaired) electrons. The summed E-state index contributed by atoms with van der Waals surface area (Å²) in [4.78, 5) is 2.68. The Hall–Kier alpha value is -0.860. The van der Waals surface area contributed by atoms with Gasteiger partial charge in [0.2, 0.25) is 0 Å². The van der Waals surface area contributed by atoms with Crippen molar-refractivity contribution in [2.24, 2.45) is 5.73 Å². The summed E-state index contributed by atoms with van der Waals surface area (Å²) in [5.41, 5.74) is 7.93. The number of hydrogen-bond acceptors (Lipinski definition) is 2. The SMILES string of the molecule is CCN(C1CC1)C1CC(c2ccccc2)CCC1N. The third-order valence-corrected chi connectivity index (χ3v) is 4.95. The van der Waals surface area contributed by atoms with Gasteiger partial charge in [0, 0.05) is 18.1 Å². The minimum atomic E-state index is 0.375. The van der Waals surface area contributed by atoms with Gasteiger partial charge in [-0.2, -0.15) is 0 Å². The first-order valence-electron chi connectivity index (χ1n) is 7.86. The normalized spacial score (nSPS) is 31.6. The highest BCUT2D eigenvalue weighted by molar-refractivity contribution is 5.21. The lowest BCUT2D eigenvalue weighted by molar-refractivity contribution is 0.126. The van der Waals surface area contributed by atoms with Gasteiger partial charge < -0.3 is 5.73 Å². The molecule has 2 aliphatic carbocycles. The van der Waals surface area contributed by atoms with E-state index in [1.807, 2.05) is 0 Å². The number of rotatable bonds is 4. The van der Waals surface area contributed by atoms with Crippen molar-refractivity contribution in [3.05, 3.63) is 35.9 Å². The molecule has 0 aliphatic heterocycles. The lowest BCUT2D eigenvalue weighted by Gasteiger charge is -2.41. The highest BCUT2D eigenvalue weighted by Gasteiger charge is 2.38. The van der Waals surface area contributed by atoms with Crippen LogP contribution in [0.5, 0.6) is 0 Å². The first kappa shape index (κ1) is 13.1. The molecule has 3 rings (SSSR count). The van der Waals surface area contributed by atoms with Gasteiger partial charge in [0.25, 0.3) is 0 Å².